The number of rotatable bonds is 4. The molecule has 0 radical (unpaired) electrons. The van der Waals surface area contributed by atoms with Crippen LogP contribution in [0.5, 0.6) is 5.88 Å². The maximum atomic E-state index is 14.1. The molecule has 0 aliphatic carbocycles. The van der Waals surface area contributed by atoms with E-state index in [0.29, 0.717) is 31.6 Å². The van der Waals surface area contributed by atoms with Crippen LogP contribution in [0.1, 0.15) is 29.7 Å². The first-order valence-electron chi connectivity index (χ1n) is 7.41. The fourth-order valence-electron chi connectivity index (χ4n) is 2.43. The molecule has 2 aromatic rings. The van der Waals surface area contributed by atoms with Gasteiger partial charge in [-0.05, 0) is 12.5 Å². The highest BCUT2D eigenvalue weighted by molar-refractivity contribution is 5.90. The molecule has 3 heterocycles. The fraction of sp³-hybridized carbons (Fsp3) is 0.400. The number of likely N-dealkylation sites (tertiary alicyclic amines) is 1. The summed E-state index contributed by atoms with van der Waals surface area (Å²) in [5, 5.41) is 0. The van der Waals surface area contributed by atoms with Crippen molar-refractivity contribution in [2.75, 3.05) is 13.1 Å². The van der Waals surface area contributed by atoms with Gasteiger partial charge in [0, 0.05) is 25.4 Å². The Hall–Kier alpha value is -2.64. The van der Waals surface area contributed by atoms with Crippen LogP contribution < -0.4 is 4.74 Å². The van der Waals surface area contributed by atoms with Gasteiger partial charge in [0.15, 0.2) is 0 Å². The van der Waals surface area contributed by atoms with E-state index in [-0.39, 0.29) is 23.7 Å². The Kier molecular flexibility index (Phi) is 4.40. The van der Waals surface area contributed by atoms with Gasteiger partial charge in [0.05, 0.1) is 12.2 Å². The topological polar surface area (TPSA) is 81.1 Å². The van der Waals surface area contributed by atoms with Gasteiger partial charge in [0.25, 0.3) is 11.8 Å². The van der Waals surface area contributed by atoms with Crippen LogP contribution in [0.15, 0.2) is 24.8 Å². The summed E-state index contributed by atoms with van der Waals surface area (Å²) < 4.78 is 19.7. The van der Waals surface area contributed by atoms with Gasteiger partial charge in [-0.2, -0.15) is 9.37 Å². The van der Waals surface area contributed by atoms with Crippen LogP contribution >= 0.6 is 0 Å². The zero-order valence-electron chi connectivity index (χ0n) is 12.6. The van der Waals surface area contributed by atoms with Crippen LogP contribution in [0, 0.1) is 5.82 Å². The fourth-order valence-corrected chi connectivity index (χ4v) is 2.43. The van der Waals surface area contributed by atoms with Crippen molar-refractivity contribution in [3.05, 3.63) is 42.1 Å². The standard InChI is InChI=1S/C15H16FN5O2/c1-2-11-12(16)14(20-9-19-11)23-10-4-7-21(8-10)15(22)13-17-5-3-6-18-13/h3,5-6,9-10H,2,4,7-8H2,1H3/t10-/m0/s1. The molecule has 1 aliphatic rings. The molecule has 1 atom stereocenters. The highest BCUT2D eigenvalue weighted by Gasteiger charge is 2.30. The Morgan fingerprint density at radius 3 is 2.87 bits per heavy atom. The average Bonchev–Trinajstić information content (AvgIpc) is 3.05. The number of halogens is 1. The maximum Gasteiger partial charge on any atom is 0.291 e. The number of ether oxygens (including phenoxy) is 1. The van der Waals surface area contributed by atoms with Crippen molar-refractivity contribution in [3.63, 3.8) is 0 Å². The lowest BCUT2D eigenvalue weighted by Gasteiger charge is -2.16. The van der Waals surface area contributed by atoms with Crippen LogP contribution in [0.2, 0.25) is 0 Å². The first kappa shape index (κ1) is 15.3. The molecule has 23 heavy (non-hydrogen) atoms. The van der Waals surface area contributed by atoms with E-state index in [2.05, 4.69) is 19.9 Å². The summed E-state index contributed by atoms with van der Waals surface area (Å²) in [5.74, 6) is -0.706. The quantitative estimate of drug-likeness (QED) is 0.844. The minimum Gasteiger partial charge on any atom is -0.470 e. The van der Waals surface area contributed by atoms with E-state index < -0.39 is 5.82 Å². The molecule has 0 saturated carbocycles. The van der Waals surface area contributed by atoms with Gasteiger partial charge in [-0.3, -0.25) is 4.79 Å². The Morgan fingerprint density at radius 2 is 2.13 bits per heavy atom. The number of carbonyl (C=O) groups is 1. The largest absolute Gasteiger partial charge is 0.470 e. The van der Waals surface area contributed by atoms with Crippen LogP contribution in [0.3, 0.4) is 0 Å². The Labute approximate surface area is 132 Å². The van der Waals surface area contributed by atoms with Gasteiger partial charge >= 0.3 is 0 Å². The molecule has 2 aromatic heterocycles. The van der Waals surface area contributed by atoms with Gasteiger partial charge in [0.1, 0.15) is 12.4 Å². The first-order valence-corrected chi connectivity index (χ1v) is 7.41. The zero-order valence-corrected chi connectivity index (χ0v) is 12.6. The van der Waals surface area contributed by atoms with Crippen molar-refractivity contribution in [1.29, 1.82) is 0 Å². The predicted molar refractivity (Wildman–Crippen MR) is 78.3 cm³/mol. The minimum atomic E-state index is -0.536. The number of carbonyl (C=O) groups excluding carboxylic acids is 1. The summed E-state index contributed by atoms with van der Waals surface area (Å²) in [5.41, 5.74) is 0.318. The van der Waals surface area contributed by atoms with E-state index in [1.165, 1.54) is 18.7 Å². The summed E-state index contributed by atoms with van der Waals surface area (Å²) in [6.45, 7) is 2.67. The summed E-state index contributed by atoms with van der Waals surface area (Å²) >= 11 is 0. The number of aromatic nitrogens is 4. The molecule has 0 aromatic carbocycles. The number of hydrogen-bond donors (Lipinski definition) is 0. The number of hydrogen-bond acceptors (Lipinski definition) is 6. The molecule has 0 N–H and O–H groups in total. The highest BCUT2D eigenvalue weighted by atomic mass is 19.1. The van der Waals surface area contributed by atoms with Crippen molar-refractivity contribution in [1.82, 2.24) is 24.8 Å². The smallest absolute Gasteiger partial charge is 0.291 e. The van der Waals surface area contributed by atoms with Gasteiger partial charge < -0.3 is 9.64 Å². The second kappa shape index (κ2) is 6.64. The lowest BCUT2D eigenvalue weighted by molar-refractivity contribution is 0.0758. The number of amides is 1. The summed E-state index contributed by atoms with van der Waals surface area (Å²) in [6, 6.07) is 1.65. The Balaban J connectivity index is 1.66. The van der Waals surface area contributed by atoms with Gasteiger partial charge in [0.2, 0.25) is 11.6 Å². The van der Waals surface area contributed by atoms with Crippen molar-refractivity contribution in [3.8, 4) is 5.88 Å². The number of aryl methyl sites for hydroxylation is 1. The van der Waals surface area contributed by atoms with E-state index in [4.69, 9.17) is 4.74 Å². The van der Waals surface area contributed by atoms with Crippen LogP contribution in [0.25, 0.3) is 0 Å². The molecule has 0 bridgehead atoms. The van der Waals surface area contributed by atoms with Crippen LogP contribution in [-0.2, 0) is 6.42 Å². The third-order valence-electron chi connectivity index (χ3n) is 3.63. The summed E-state index contributed by atoms with van der Waals surface area (Å²) in [6.07, 6.45) is 5.08. The molecule has 1 amide bonds. The van der Waals surface area contributed by atoms with Crippen molar-refractivity contribution in [2.24, 2.45) is 0 Å². The van der Waals surface area contributed by atoms with Crippen molar-refractivity contribution in [2.45, 2.75) is 25.9 Å². The molecule has 3 rings (SSSR count). The van der Waals surface area contributed by atoms with E-state index in [0.717, 1.165) is 0 Å². The van der Waals surface area contributed by atoms with Gasteiger partial charge in [-0.25, -0.2) is 15.0 Å². The monoisotopic (exact) mass is 317 g/mol. The predicted octanol–water partition coefficient (Wildman–Crippen LogP) is 1.26. The third-order valence-corrected chi connectivity index (χ3v) is 3.63. The zero-order chi connectivity index (χ0) is 16.2. The van der Waals surface area contributed by atoms with E-state index in [1.54, 1.807) is 11.0 Å². The lowest BCUT2D eigenvalue weighted by Crippen LogP contribution is -2.32. The Bertz CT molecular complexity index is 698. The average molecular weight is 317 g/mol. The van der Waals surface area contributed by atoms with E-state index in [9.17, 15) is 9.18 Å². The molecular weight excluding hydrogens is 301 g/mol. The minimum absolute atomic E-state index is 0.0629. The number of nitrogens with zero attached hydrogens (tertiary/aromatic N) is 5. The summed E-state index contributed by atoms with van der Waals surface area (Å²) in [7, 11) is 0. The molecule has 1 aliphatic heterocycles. The second-order valence-corrected chi connectivity index (χ2v) is 5.15. The Morgan fingerprint density at radius 1 is 1.35 bits per heavy atom. The van der Waals surface area contributed by atoms with Crippen molar-refractivity contribution < 1.29 is 13.9 Å². The van der Waals surface area contributed by atoms with Gasteiger partial charge in [-0.1, -0.05) is 6.92 Å². The highest BCUT2D eigenvalue weighted by Crippen LogP contribution is 2.21. The van der Waals surface area contributed by atoms with Crippen molar-refractivity contribution >= 4 is 5.91 Å². The molecule has 120 valence electrons. The third kappa shape index (κ3) is 3.25. The summed E-state index contributed by atoms with van der Waals surface area (Å²) in [4.78, 5) is 29.5. The van der Waals surface area contributed by atoms with Crippen LogP contribution in [-0.4, -0.2) is 49.9 Å². The second-order valence-electron chi connectivity index (χ2n) is 5.15. The normalized spacial score (nSPS) is 17.3. The van der Waals surface area contributed by atoms with Gasteiger partial charge in [-0.15, -0.1) is 0 Å². The molecule has 1 fully saturated rings. The SMILES string of the molecule is CCc1ncnc(O[C@H]2CCN(C(=O)c3ncccn3)C2)c1F. The molecular formula is C15H16FN5O2. The molecule has 8 heteroatoms. The lowest BCUT2D eigenvalue weighted by atomic mass is 10.3. The molecule has 0 unspecified atom stereocenters. The molecule has 7 nitrogen and oxygen atoms in total. The van der Waals surface area contributed by atoms with E-state index >= 15 is 0 Å². The maximum absolute atomic E-state index is 14.1. The molecule has 1 saturated heterocycles. The first-order chi connectivity index (χ1) is 11.2. The molecule has 0 spiro atoms. The van der Waals surface area contributed by atoms with E-state index in [1.807, 2.05) is 6.92 Å². The van der Waals surface area contributed by atoms with Crippen LogP contribution in [0.4, 0.5) is 4.39 Å².